The Hall–Kier alpha value is -2.36. The molecule has 4 heteroatoms. The number of esters is 1. The minimum absolute atomic E-state index is 0.386. The van der Waals surface area contributed by atoms with E-state index in [2.05, 4.69) is 9.72 Å². The third-order valence-electron chi connectivity index (χ3n) is 2.42. The molecule has 0 fully saturated rings. The largest absolute Gasteiger partial charge is 0.465 e. The Morgan fingerprint density at radius 2 is 2.06 bits per heavy atom. The number of hydrogen-bond acceptors (Lipinski definition) is 4. The minimum atomic E-state index is -0.386. The van der Waals surface area contributed by atoms with Crippen molar-refractivity contribution in [2.75, 3.05) is 12.8 Å². The summed E-state index contributed by atoms with van der Waals surface area (Å²) in [5.41, 5.74) is 8.40. The summed E-state index contributed by atoms with van der Waals surface area (Å²) in [6.45, 7) is 0. The lowest BCUT2D eigenvalue weighted by Gasteiger charge is -2.05. The highest BCUT2D eigenvalue weighted by atomic mass is 16.5. The molecule has 1 aromatic heterocycles. The summed E-state index contributed by atoms with van der Waals surface area (Å²) in [6.07, 6.45) is 1.56. The number of para-hydroxylation sites is 1. The van der Waals surface area contributed by atoms with E-state index in [0.717, 1.165) is 5.56 Å². The summed E-state index contributed by atoms with van der Waals surface area (Å²) in [5, 5.41) is 0. The van der Waals surface area contributed by atoms with Crippen molar-refractivity contribution in [3.63, 3.8) is 0 Å². The molecule has 86 valence electrons. The van der Waals surface area contributed by atoms with Gasteiger partial charge in [-0.25, -0.2) is 4.79 Å². The Bertz CT molecular complexity index is 553. The van der Waals surface area contributed by atoms with Crippen LogP contribution in [0.1, 0.15) is 10.4 Å². The number of benzene rings is 1. The third kappa shape index (κ3) is 2.25. The van der Waals surface area contributed by atoms with Crippen LogP contribution in [0.5, 0.6) is 0 Å². The van der Waals surface area contributed by atoms with Crippen LogP contribution >= 0.6 is 0 Å². The van der Waals surface area contributed by atoms with Gasteiger partial charge in [-0.1, -0.05) is 18.2 Å². The second-order valence-electron chi connectivity index (χ2n) is 3.51. The number of carbonyl (C=O) groups excluding carboxylic acids is 1. The highest BCUT2D eigenvalue weighted by Gasteiger charge is 2.09. The van der Waals surface area contributed by atoms with E-state index in [0.29, 0.717) is 16.9 Å². The Labute approximate surface area is 99.1 Å². The summed E-state index contributed by atoms with van der Waals surface area (Å²) < 4.78 is 4.66. The molecule has 0 spiro atoms. The maximum atomic E-state index is 11.4. The summed E-state index contributed by atoms with van der Waals surface area (Å²) >= 11 is 0. The third-order valence-corrected chi connectivity index (χ3v) is 2.42. The van der Waals surface area contributed by atoms with Crippen LogP contribution in [0, 0.1) is 0 Å². The fourth-order valence-corrected chi connectivity index (χ4v) is 1.55. The first kappa shape index (κ1) is 11.1. The minimum Gasteiger partial charge on any atom is -0.465 e. The van der Waals surface area contributed by atoms with Gasteiger partial charge in [0.2, 0.25) is 0 Å². The number of hydrogen-bond donors (Lipinski definition) is 1. The first-order valence-electron chi connectivity index (χ1n) is 5.11. The van der Waals surface area contributed by atoms with E-state index in [1.165, 1.54) is 7.11 Å². The van der Waals surface area contributed by atoms with Crippen LogP contribution in [0.15, 0.2) is 42.6 Å². The van der Waals surface area contributed by atoms with E-state index in [1.807, 2.05) is 18.2 Å². The van der Waals surface area contributed by atoms with Crippen molar-refractivity contribution >= 4 is 11.7 Å². The normalized spacial score (nSPS) is 9.94. The maximum absolute atomic E-state index is 11.4. The zero-order valence-electron chi connectivity index (χ0n) is 9.38. The molecular weight excluding hydrogens is 216 g/mol. The summed E-state index contributed by atoms with van der Waals surface area (Å²) in [4.78, 5) is 15.6. The van der Waals surface area contributed by atoms with Crippen LogP contribution in [0.25, 0.3) is 11.3 Å². The van der Waals surface area contributed by atoms with Gasteiger partial charge in [0.05, 0.1) is 18.4 Å². The molecule has 0 aliphatic carbocycles. The molecule has 0 saturated heterocycles. The van der Waals surface area contributed by atoms with Crippen molar-refractivity contribution in [2.24, 2.45) is 0 Å². The van der Waals surface area contributed by atoms with Gasteiger partial charge in [-0.3, -0.25) is 4.98 Å². The molecule has 17 heavy (non-hydrogen) atoms. The molecule has 0 aliphatic rings. The Morgan fingerprint density at radius 3 is 2.76 bits per heavy atom. The summed E-state index contributed by atoms with van der Waals surface area (Å²) in [5.74, 6) is -0.386. The fourth-order valence-electron chi connectivity index (χ4n) is 1.55. The van der Waals surface area contributed by atoms with Gasteiger partial charge in [-0.15, -0.1) is 0 Å². The number of pyridine rings is 1. The number of rotatable bonds is 2. The van der Waals surface area contributed by atoms with Crippen molar-refractivity contribution in [1.29, 1.82) is 0 Å². The van der Waals surface area contributed by atoms with Crippen molar-refractivity contribution < 1.29 is 9.53 Å². The zero-order chi connectivity index (χ0) is 12.3. The number of carbonyl (C=O) groups is 1. The van der Waals surface area contributed by atoms with Gasteiger partial charge >= 0.3 is 5.97 Å². The fraction of sp³-hybridized carbons (Fsp3) is 0.0769. The van der Waals surface area contributed by atoms with Crippen LogP contribution < -0.4 is 5.73 Å². The van der Waals surface area contributed by atoms with E-state index in [-0.39, 0.29) is 5.97 Å². The SMILES string of the molecule is COC(=O)c1ccnc(-c2ccccc2N)c1. The maximum Gasteiger partial charge on any atom is 0.337 e. The topological polar surface area (TPSA) is 65.2 Å². The molecule has 0 amide bonds. The van der Waals surface area contributed by atoms with Gasteiger partial charge in [-0.2, -0.15) is 0 Å². The van der Waals surface area contributed by atoms with Crippen LogP contribution in [-0.4, -0.2) is 18.1 Å². The molecule has 1 heterocycles. The second-order valence-corrected chi connectivity index (χ2v) is 3.51. The van der Waals surface area contributed by atoms with Crippen molar-refractivity contribution in [3.05, 3.63) is 48.2 Å². The number of nitrogen functional groups attached to an aromatic ring is 1. The van der Waals surface area contributed by atoms with E-state index < -0.39 is 0 Å². The summed E-state index contributed by atoms with van der Waals surface area (Å²) in [6, 6.07) is 10.6. The molecule has 4 nitrogen and oxygen atoms in total. The molecule has 2 rings (SSSR count). The molecule has 1 aromatic carbocycles. The smallest absolute Gasteiger partial charge is 0.337 e. The molecule has 0 saturated carbocycles. The number of nitrogens with zero attached hydrogens (tertiary/aromatic N) is 1. The van der Waals surface area contributed by atoms with Gasteiger partial charge in [0.15, 0.2) is 0 Å². The standard InChI is InChI=1S/C13H12N2O2/c1-17-13(16)9-6-7-15-12(8-9)10-4-2-3-5-11(10)14/h2-8H,14H2,1H3. The molecule has 2 aromatic rings. The van der Waals surface area contributed by atoms with Crippen molar-refractivity contribution in [3.8, 4) is 11.3 Å². The predicted molar refractivity (Wildman–Crippen MR) is 65.4 cm³/mol. The van der Waals surface area contributed by atoms with Crippen molar-refractivity contribution in [1.82, 2.24) is 4.98 Å². The highest BCUT2D eigenvalue weighted by molar-refractivity contribution is 5.91. The highest BCUT2D eigenvalue weighted by Crippen LogP contribution is 2.24. The average molecular weight is 228 g/mol. The van der Waals surface area contributed by atoms with E-state index in [4.69, 9.17) is 5.73 Å². The Balaban J connectivity index is 2.47. The monoisotopic (exact) mass is 228 g/mol. The van der Waals surface area contributed by atoms with Gasteiger partial charge in [0.25, 0.3) is 0 Å². The molecule has 0 radical (unpaired) electrons. The van der Waals surface area contributed by atoms with Gasteiger partial charge in [-0.05, 0) is 18.2 Å². The number of aromatic nitrogens is 1. The van der Waals surface area contributed by atoms with E-state index in [1.54, 1.807) is 24.4 Å². The summed E-state index contributed by atoms with van der Waals surface area (Å²) in [7, 11) is 1.35. The molecule has 0 aliphatic heterocycles. The second kappa shape index (κ2) is 4.65. The Kier molecular flexibility index (Phi) is 3.05. The van der Waals surface area contributed by atoms with Crippen LogP contribution in [0.3, 0.4) is 0 Å². The van der Waals surface area contributed by atoms with Crippen LogP contribution in [0.4, 0.5) is 5.69 Å². The molecule has 0 bridgehead atoms. The van der Waals surface area contributed by atoms with Crippen LogP contribution in [-0.2, 0) is 4.74 Å². The van der Waals surface area contributed by atoms with E-state index >= 15 is 0 Å². The lowest BCUT2D eigenvalue weighted by atomic mass is 10.1. The predicted octanol–water partition coefficient (Wildman–Crippen LogP) is 2.12. The molecule has 0 atom stereocenters. The number of ether oxygens (including phenoxy) is 1. The lowest BCUT2D eigenvalue weighted by molar-refractivity contribution is 0.0600. The number of methoxy groups -OCH3 is 1. The molecular formula is C13H12N2O2. The lowest BCUT2D eigenvalue weighted by Crippen LogP contribution is -2.02. The van der Waals surface area contributed by atoms with Gasteiger partial charge in [0, 0.05) is 17.4 Å². The zero-order valence-corrected chi connectivity index (χ0v) is 9.38. The number of anilines is 1. The van der Waals surface area contributed by atoms with Crippen molar-refractivity contribution in [2.45, 2.75) is 0 Å². The Morgan fingerprint density at radius 1 is 1.29 bits per heavy atom. The number of nitrogens with two attached hydrogens (primary N) is 1. The quantitative estimate of drug-likeness (QED) is 0.631. The first-order chi connectivity index (χ1) is 8.22. The molecule has 0 unspecified atom stereocenters. The average Bonchev–Trinajstić information content (AvgIpc) is 2.38. The van der Waals surface area contributed by atoms with Crippen LogP contribution in [0.2, 0.25) is 0 Å². The van der Waals surface area contributed by atoms with Gasteiger partial charge in [0.1, 0.15) is 0 Å². The van der Waals surface area contributed by atoms with E-state index in [9.17, 15) is 4.79 Å². The van der Waals surface area contributed by atoms with Gasteiger partial charge < -0.3 is 10.5 Å². The molecule has 2 N–H and O–H groups in total. The first-order valence-corrected chi connectivity index (χ1v) is 5.11.